The fourth-order valence-corrected chi connectivity index (χ4v) is 1.64. The number of rotatable bonds is 0. The average molecular weight is 187 g/mol. The van der Waals surface area contributed by atoms with Gasteiger partial charge in [-0.05, 0) is 25.9 Å². The molecule has 0 radical (unpaired) electrons. The van der Waals surface area contributed by atoms with E-state index in [9.17, 15) is 0 Å². The van der Waals surface area contributed by atoms with Crippen molar-refractivity contribution >= 4 is 0 Å². The van der Waals surface area contributed by atoms with E-state index in [-0.39, 0.29) is 0 Å². The molecule has 0 unspecified atom stereocenters. The van der Waals surface area contributed by atoms with Crippen molar-refractivity contribution in [3.8, 4) is 0 Å². The fraction of sp³-hybridized carbons (Fsp3) is 1.00. The molecule has 2 heterocycles. The van der Waals surface area contributed by atoms with E-state index in [1.54, 1.807) is 0 Å². The zero-order valence-corrected chi connectivity index (χ0v) is 9.65. The maximum absolute atomic E-state index is 5.19. The molecule has 1 N–H and O–H groups in total. The molecular formula is C11H25NO. The highest BCUT2D eigenvalue weighted by atomic mass is 16.5. The molecule has 2 aliphatic heterocycles. The summed E-state index contributed by atoms with van der Waals surface area (Å²) in [7, 11) is 0. The Morgan fingerprint density at radius 3 is 1.62 bits per heavy atom. The summed E-state index contributed by atoms with van der Waals surface area (Å²) in [6.07, 6.45) is 2.65. The smallest absolute Gasteiger partial charge is 0.0545 e. The molecular weight excluding hydrogens is 162 g/mol. The Labute approximate surface area is 83.1 Å². The summed E-state index contributed by atoms with van der Waals surface area (Å²) < 4.78 is 5.19. The highest BCUT2D eigenvalue weighted by Gasteiger charge is 2.38. The van der Waals surface area contributed by atoms with Crippen molar-refractivity contribution in [3.05, 3.63) is 0 Å². The third-order valence-corrected chi connectivity index (χ3v) is 2.48. The highest BCUT2D eigenvalue weighted by Crippen LogP contribution is 2.35. The van der Waals surface area contributed by atoms with Gasteiger partial charge in [-0.15, -0.1) is 0 Å². The molecule has 0 amide bonds. The quantitative estimate of drug-likeness (QED) is 0.629. The van der Waals surface area contributed by atoms with Crippen LogP contribution in [0, 0.1) is 5.41 Å². The molecule has 0 bridgehead atoms. The third-order valence-electron chi connectivity index (χ3n) is 2.48. The maximum atomic E-state index is 5.19. The van der Waals surface area contributed by atoms with Crippen molar-refractivity contribution in [2.75, 3.05) is 26.3 Å². The Hall–Kier alpha value is -0.0800. The van der Waals surface area contributed by atoms with Gasteiger partial charge in [-0.1, -0.05) is 27.7 Å². The zero-order valence-electron chi connectivity index (χ0n) is 9.65. The molecule has 0 atom stereocenters. The first-order valence-corrected chi connectivity index (χ1v) is 5.70. The molecule has 2 heteroatoms. The standard InChI is InChI=1S/C7H13NO.2C2H6/c1-3-8-4-2-7(1)5-9-6-7;2*1-2/h8H,1-6H2;2*1-2H3. The van der Waals surface area contributed by atoms with Crippen LogP contribution in [0.4, 0.5) is 0 Å². The largest absolute Gasteiger partial charge is 0.380 e. The lowest BCUT2D eigenvalue weighted by atomic mass is 9.77. The van der Waals surface area contributed by atoms with Crippen molar-refractivity contribution in [2.24, 2.45) is 5.41 Å². The van der Waals surface area contributed by atoms with Crippen LogP contribution in [0.2, 0.25) is 0 Å². The zero-order chi connectivity index (χ0) is 10.2. The second kappa shape index (κ2) is 7.34. The van der Waals surface area contributed by atoms with Gasteiger partial charge in [0.1, 0.15) is 0 Å². The van der Waals surface area contributed by atoms with Crippen molar-refractivity contribution < 1.29 is 4.74 Å². The van der Waals surface area contributed by atoms with Crippen LogP contribution in [-0.4, -0.2) is 26.3 Å². The van der Waals surface area contributed by atoms with Crippen LogP contribution in [0.15, 0.2) is 0 Å². The monoisotopic (exact) mass is 187 g/mol. The summed E-state index contributed by atoms with van der Waals surface area (Å²) >= 11 is 0. The van der Waals surface area contributed by atoms with Crippen molar-refractivity contribution in [2.45, 2.75) is 40.5 Å². The van der Waals surface area contributed by atoms with Crippen LogP contribution < -0.4 is 5.32 Å². The summed E-state index contributed by atoms with van der Waals surface area (Å²) in [6, 6.07) is 0. The molecule has 13 heavy (non-hydrogen) atoms. The molecule has 1 spiro atoms. The topological polar surface area (TPSA) is 21.3 Å². The molecule has 2 rings (SSSR count). The second-order valence-corrected chi connectivity index (χ2v) is 3.24. The van der Waals surface area contributed by atoms with Gasteiger partial charge in [0.25, 0.3) is 0 Å². The molecule has 0 aromatic rings. The number of ether oxygens (including phenoxy) is 1. The van der Waals surface area contributed by atoms with Gasteiger partial charge in [0.05, 0.1) is 13.2 Å². The number of nitrogens with one attached hydrogen (secondary N) is 1. The first-order chi connectivity index (χ1) is 6.41. The third kappa shape index (κ3) is 3.65. The SMILES string of the molecule is C1CC2(CCN1)COC2.CC.CC. The average Bonchev–Trinajstić information content (AvgIpc) is 2.23. The van der Waals surface area contributed by atoms with E-state index in [1.165, 1.54) is 25.9 Å². The van der Waals surface area contributed by atoms with Gasteiger partial charge in [-0.25, -0.2) is 0 Å². The Bertz CT molecular complexity index is 103. The van der Waals surface area contributed by atoms with Gasteiger partial charge in [0.15, 0.2) is 0 Å². The number of hydrogen-bond donors (Lipinski definition) is 1. The van der Waals surface area contributed by atoms with Gasteiger partial charge in [0.2, 0.25) is 0 Å². The molecule has 0 saturated carbocycles. The van der Waals surface area contributed by atoms with Crippen LogP contribution in [-0.2, 0) is 4.74 Å². The van der Waals surface area contributed by atoms with Crippen LogP contribution in [0.25, 0.3) is 0 Å². The van der Waals surface area contributed by atoms with Crippen molar-refractivity contribution in [1.29, 1.82) is 0 Å². The predicted molar refractivity (Wildman–Crippen MR) is 58.1 cm³/mol. The minimum Gasteiger partial charge on any atom is -0.380 e. The molecule has 0 aliphatic carbocycles. The van der Waals surface area contributed by atoms with Gasteiger partial charge >= 0.3 is 0 Å². The summed E-state index contributed by atoms with van der Waals surface area (Å²) in [6.45, 7) is 12.4. The van der Waals surface area contributed by atoms with Gasteiger partial charge < -0.3 is 10.1 Å². The number of hydrogen-bond acceptors (Lipinski definition) is 2. The summed E-state index contributed by atoms with van der Waals surface area (Å²) in [4.78, 5) is 0. The molecule has 2 nitrogen and oxygen atoms in total. The van der Waals surface area contributed by atoms with E-state index in [2.05, 4.69) is 5.32 Å². The van der Waals surface area contributed by atoms with Crippen LogP contribution in [0.1, 0.15) is 40.5 Å². The summed E-state index contributed by atoms with van der Waals surface area (Å²) in [5, 5.41) is 3.35. The lowest BCUT2D eigenvalue weighted by molar-refractivity contribution is -0.127. The Kier molecular flexibility index (Phi) is 7.29. The molecule has 80 valence electrons. The van der Waals surface area contributed by atoms with Gasteiger partial charge in [-0.2, -0.15) is 0 Å². The minimum atomic E-state index is 0.616. The molecule has 2 saturated heterocycles. The summed E-state index contributed by atoms with van der Waals surface area (Å²) in [5.41, 5.74) is 0.616. The fourth-order valence-electron chi connectivity index (χ4n) is 1.64. The van der Waals surface area contributed by atoms with Gasteiger partial charge in [0, 0.05) is 5.41 Å². The highest BCUT2D eigenvalue weighted by molar-refractivity contribution is 4.89. The van der Waals surface area contributed by atoms with Crippen LogP contribution in [0.5, 0.6) is 0 Å². The van der Waals surface area contributed by atoms with E-state index in [0.29, 0.717) is 5.41 Å². The van der Waals surface area contributed by atoms with E-state index in [1.807, 2.05) is 27.7 Å². The lowest BCUT2D eigenvalue weighted by Gasteiger charge is -2.44. The Balaban J connectivity index is 0.000000322. The van der Waals surface area contributed by atoms with Crippen molar-refractivity contribution in [1.82, 2.24) is 5.32 Å². The summed E-state index contributed by atoms with van der Waals surface area (Å²) in [5.74, 6) is 0. The van der Waals surface area contributed by atoms with Crippen molar-refractivity contribution in [3.63, 3.8) is 0 Å². The van der Waals surface area contributed by atoms with E-state index in [0.717, 1.165) is 13.2 Å². The minimum absolute atomic E-state index is 0.616. The molecule has 0 aromatic carbocycles. The van der Waals surface area contributed by atoms with Gasteiger partial charge in [-0.3, -0.25) is 0 Å². The molecule has 2 fully saturated rings. The predicted octanol–water partition coefficient (Wildman–Crippen LogP) is 2.44. The molecule has 0 aromatic heterocycles. The van der Waals surface area contributed by atoms with E-state index < -0.39 is 0 Å². The first kappa shape index (κ1) is 12.9. The van der Waals surface area contributed by atoms with E-state index in [4.69, 9.17) is 4.74 Å². The Morgan fingerprint density at radius 1 is 0.923 bits per heavy atom. The second-order valence-electron chi connectivity index (χ2n) is 3.24. The lowest BCUT2D eigenvalue weighted by Crippen LogP contribution is -2.49. The van der Waals surface area contributed by atoms with Crippen LogP contribution >= 0.6 is 0 Å². The normalized spacial score (nSPS) is 23.1. The first-order valence-electron chi connectivity index (χ1n) is 5.70. The molecule has 2 aliphatic rings. The van der Waals surface area contributed by atoms with Crippen LogP contribution in [0.3, 0.4) is 0 Å². The maximum Gasteiger partial charge on any atom is 0.0545 e. The van der Waals surface area contributed by atoms with E-state index >= 15 is 0 Å². The number of piperidine rings is 1. The Morgan fingerprint density at radius 2 is 1.38 bits per heavy atom.